The van der Waals surface area contributed by atoms with Gasteiger partial charge >= 0.3 is 0 Å². The van der Waals surface area contributed by atoms with Gasteiger partial charge in [0.2, 0.25) is 0 Å². The molecule has 1 aliphatic heterocycles. The van der Waals surface area contributed by atoms with Crippen LogP contribution in [0.25, 0.3) is 0 Å². The molecule has 0 bridgehead atoms. The molecule has 0 saturated carbocycles. The summed E-state index contributed by atoms with van der Waals surface area (Å²) < 4.78 is 0. The van der Waals surface area contributed by atoms with Crippen molar-refractivity contribution in [1.82, 2.24) is 5.06 Å². The van der Waals surface area contributed by atoms with E-state index in [-0.39, 0.29) is 11.1 Å². The third-order valence-corrected chi connectivity index (χ3v) is 2.90. The zero-order valence-corrected chi connectivity index (χ0v) is 8.31. The standard InChI is InChI=1S/C10H17NO/c1-7-8(2)10(5,6)11(12)9(7,3)4/h12H,1-2H2,3-6H3. The van der Waals surface area contributed by atoms with Crippen molar-refractivity contribution in [2.45, 2.75) is 38.8 Å². The molecule has 1 heterocycles. The summed E-state index contributed by atoms with van der Waals surface area (Å²) in [5.41, 5.74) is 1.05. The van der Waals surface area contributed by atoms with Crippen molar-refractivity contribution in [1.29, 1.82) is 0 Å². The number of rotatable bonds is 0. The Labute approximate surface area is 74.1 Å². The van der Waals surface area contributed by atoms with E-state index in [1.165, 1.54) is 5.06 Å². The number of hydrogen-bond donors (Lipinski definition) is 1. The third kappa shape index (κ3) is 0.883. The SMILES string of the molecule is C=C1C(=C)C(C)(C)N(O)C1(C)C. The largest absolute Gasteiger partial charge is 0.312 e. The Kier molecular flexibility index (Phi) is 1.75. The van der Waals surface area contributed by atoms with E-state index in [9.17, 15) is 5.21 Å². The number of nitrogens with zero attached hydrogens (tertiary/aromatic N) is 1. The third-order valence-electron chi connectivity index (χ3n) is 2.90. The monoisotopic (exact) mass is 167 g/mol. The fourth-order valence-electron chi connectivity index (χ4n) is 1.69. The molecule has 0 aromatic carbocycles. The van der Waals surface area contributed by atoms with E-state index in [0.717, 1.165) is 11.1 Å². The quantitative estimate of drug-likeness (QED) is 0.598. The van der Waals surface area contributed by atoms with Crippen molar-refractivity contribution in [3.63, 3.8) is 0 Å². The molecule has 2 heteroatoms. The normalized spacial score (nSPS) is 28.1. The van der Waals surface area contributed by atoms with Crippen LogP contribution in [0.5, 0.6) is 0 Å². The van der Waals surface area contributed by atoms with E-state index in [1.807, 2.05) is 27.7 Å². The summed E-state index contributed by atoms with van der Waals surface area (Å²) in [6.45, 7) is 15.6. The van der Waals surface area contributed by atoms with Gasteiger partial charge in [0.05, 0.1) is 11.1 Å². The first-order valence-corrected chi connectivity index (χ1v) is 4.10. The summed E-state index contributed by atoms with van der Waals surface area (Å²) in [6.07, 6.45) is 0. The minimum atomic E-state index is -0.388. The molecule has 68 valence electrons. The molecular weight excluding hydrogens is 150 g/mol. The predicted molar refractivity (Wildman–Crippen MR) is 50.1 cm³/mol. The van der Waals surface area contributed by atoms with Gasteiger partial charge in [0.25, 0.3) is 0 Å². The first-order valence-electron chi connectivity index (χ1n) is 4.10. The first-order chi connectivity index (χ1) is 5.22. The average molecular weight is 167 g/mol. The molecular formula is C10H17NO. The maximum Gasteiger partial charge on any atom is 0.0659 e. The summed E-state index contributed by atoms with van der Waals surface area (Å²) in [4.78, 5) is 0. The first kappa shape index (κ1) is 9.49. The minimum Gasteiger partial charge on any atom is -0.312 e. The molecule has 12 heavy (non-hydrogen) atoms. The minimum absolute atomic E-state index is 0.388. The van der Waals surface area contributed by atoms with Crippen LogP contribution in [0.4, 0.5) is 0 Å². The highest BCUT2D eigenvalue weighted by atomic mass is 16.5. The smallest absolute Gasteiger partial charge is 0.0659 e. The van der Waals surface area contributed by atoms with Gasteiger partial charge < -0.3 is 5.21 Å². The zero-order chi connectivity index (χ0) is 9.73. The summed E-state index contributed by atoms with van der Waals surface area (Å²) in [5.74, 6) is 0. The molecule has 1 saturated heterocycles. The Bertz CT molecular complexity index is 225. The van der Waals surface area contributed by atoms with E-state index in [1.54, 1.807) is 0 Å². The Morgan fingerprint density at radius 2 is 1.25 bits per heavy atom. The predicted octanol–water partition coefficient (Wildman–Crippen LogP) is 2.36. The molecule has 0 aromatic heterocycles. The van der Waals surface area contributed by atoms with Crippen LogP contribution in [0.3, 0.4) is 0 Å². The second-order valence-electron chi connectivity index (χ2n) is 4.39. The highest BCUT2D eigenvalue weighted by molar-refractivity contribution is 5.46. The fraction of sp³-hybridized carbons (Fsp3) is 0.600. The van der Waals surface area contributed by atoms with Crippen molar-refractivity contribution in [2.24, 2.45) is 0 Å². The van der Waals surface area contributed by atoms with Crippen LogP contribution in [0.15, 0.2) is 24.3 Å². The molecule has 1 fully saturated rings. The van der Waals surface area contributed by atoms with E-state index in [0.29, 0.717) is 0 Å². The van der Waals surface area contributed by atoms with Gasteiger partial charge in [-0.2, -0.15) is 5.06 Å². The van der Waals surface area contributed by atoms with Crippen molar-refractivity contribution in [3.8, 4) is 0 Å². The Hall–Kier alpha value is -0.600. The lowest BCUT2D eigenvalue weighted by molar-refractivity contribution is -0.181. The molecule has 0 amide bonds. The molecule has 0 unspecified atom stereocenters. The Morgan fingerprint density at radius 3 is 1.33 bits per heavy atom. The zero-order valence-electron chi connectivity index (χ0n) is 8.31. The second-order valence-corrected chi connectivity index (χ2v) is 4.39. The van der Waals surface area contributed by atoms with E-state index in [2.05, 4.69) is 13.2 Å². The van der Waals surface area contributed by atoms with Crippen molar-refractivity contribution in [2.75, 3.05) is 0 Å². The topological polar surface area (TPSA) is 23.5 Å². The van der Waals surface area contributed by atoms with Crippen LogP contribution >= 0.6 is 0 Å². The maximum absolute atomic E-state index is 9.84. The molecule has 1 aliphatic rings. The average Bonchev–Trinajstić information content (AvgIpc) is 2.06. The van der Waals surface area contributed by atoms with Crippen LogP contribution in [0.1, 0.15) is 27.7 Å². The molecule has 2 nitrogen and oxygen atoms in total. The van der Waals surface area contributed by atoms with Gasteiger partial charge in [-0.1, -0.05) is 13.2 Å². The van der Waals surface area contributed by atoms with Crippen molar-refractivity contribution in [3.05, 3.63) is 24.3 Å². The van der Waals surface area contributed by atoms with Crippen LogP contribution in [0, 0.1) is 0 Å². The highest BCUT2D eigenvalue weighted by Crippen LogP contribution is 2.45. The Balaban J connectivity index is 3.21. The molecule has 0 radical (unpaired) electrons. The summed E-state index contributed by atoms with van der Waals surface area (Å²) in [6, 6.07) is 0. The van der Waals surface area contributed by atoms with E-state index >= 15 is 0 Å². The van der Waals surface area contributed by atoms with Gasteiger partial charge in [0.15, 0.2) is 0 Å². The molecule has 0 spiro atoms. The molecule has 1 N–H and O–H groups in total. The summed E-state index contributed by atoms with van der Waals surface area (Å²) in [5, 5.41) is 11.2. The van der Waals surface area contributed by atoms with Crippen molar-refractivity contribution >= 4 is 0 Å². The van der Waals surface area contributed by atoms with Crippen molar-refractivity contribution < 1.29 is 5.21 Å². The summed E-state index contributed by atoms with van der Waals surface area (Å²) >= 11 is 0. The van der Waals surface area contributed by atoms with Crippen LogP contribution in [0.2, 0.25) is 0 Å². The lowest BCUT2D eigenvalue weighted by Crippen LogP contribution is -2.46. The lowest BCUT2D eigenvalue weighted by atomic mass is 9.91. The van der Waals surface area contributed by atoms with Crippen LogP contribution in [-0.2, 0) is 0 Å². The highest BCUT2D eigenvalue weighted by Gasteiger charge is 2.49. The van der Waals surface area contributed by atoms with Gasteiger partial charge in [0, 0.05) is 0 Å². The molecule has 1 rings (SSSR count). The molecule has 0 aliphatic carbocycles. The van der Waals surface area contributed by atoms with Gasteiger partial charge in [-0.3, -0.25) is 0 Å². The molecule has 0 atom stereocenters. The van der Waals surface area contributed by atoms with Crippen LogP contribution in [-0.4, -0.2) is 21.3 Å². The maximum atomic E-state index is 9.84. The van der Waals surface area contributed by atoms with Crippen LogP contribution < -0.4 is 0 Å². The fourth-order valence-corrected chi connectivity index (χ4v) is 1.69. The Morgan fingerprint density at radius 1 is 1.00 bits per heavy atom. The number of hydroxylamine groups is 2. The van der Waals surface area contributed by atoms with Gasteiger partial charge in [-0.15, -0.1) is 0 Å². The van der Waals surface area contributed by atoms with E-state index < -0.39 is 0 Å². The lowest BCUT2D eigenvalue weighted by Gasteiger charge is -2.33. The second kappa shape index (κ2) is 2.21. The summed E-state index contributed by atoms with van der Waals surface area (Å²) in [7, 11) is 0. The van der Waals surface area contributed by atoms with E-state index in [4.69, 9.17) is 0 Å². The van der Waals surface area contributed by atoms with Gasteiger partial charge in [0.1, 0.15) is 0 Å². The van der Waals surface area contributed by atoms with Gasteiger partial charge in [-0.05, 0) is 38.8 Å². The van der Waals surface area contributed by atoms with Gasteiger partial charge in [-0.25, -0.2) is 0 Å². The molecule has 0 aromatic rings. The number of hydrogen-bond acceptors (Lipinski definition) is 2.